The molecule has 0 fully saturated rings. The largest absolute Gasteiger partial charge is 0.508 e. The monoisotopic (exact) mass is 278 g/mol. The fourth-order valence-electron chi connectivity index (χ4n) is 1.37. The topological polar surface area (TPSA) is 45.1 Å². The minimum Gasteiger partial charge on any atom is -0.508 e. The fourth-order valence-corrected chi connectivity index (χ4v) is 1.73. The van der Waals surface area contributed by atoms with E-state index in [9.17, 15) is 5.11 Å². The molecule has 0 unspecified atom stereocenters. The molecule has 1 aromatic heterocycles. The lowest BCUT2D eigenvalue weighted by Crippen LogP contribution is -1.99. The van der Waals surface area contributed by atoms with Crippen LogP contribution in [0.5, 0.6) is 5.75 Å². The van der Waals surface area contributed by atoms with Gasteiger partial charge in [-0.15, -0.1) is 0 Å². The number of nitrogens with zero attached hydrogens (tertiary/aromatic N) is 1. The number of hydrogen-bond acceptors (Lipinski definition) is 3. The van der Waals surface area contributed by atoms with Crippen molar-refractivity contribution in [3.8, 4) is 5.75 Å². The smallest absolute Gasteiger partial charge is 0.120 e. The van der Waals surface area contributed by atoms with Gasteiger partial charge in [0, 0.05) is 24.0 Å². The molecule has 0 aliphatic heterocycles. The molecule has 0 spiro atoms. The van der Waals surface area contributed by atoms with E-state index in [1.165, 1.54) is 0 Å². The van der Waals surface area contributed by atoms with Gasteiger partial charge in [0.05, 0.1) is 0 Å². The summed E-state index contributed by atoms with van der Waals surface area (Å²) >= 11 is 3.30. The Morgan fingerprint density at radius 3 is 2.81 bits per heavy atom. The summed E-state index contributed by atoms with van der Waals surface area (Å²) in [5.74, 6) is 0.308. The van der Waals surface area contributed by atoms with Crippen molar-refractivity contribution >= 4 is 21.6 Å². The van der Waals surface area contributed by atoms with Gasteiger partial charge < -0.3 is 10.4 Å². The van der Waals surface area contributed by atoms with E-state index in [1.807, 2.05) is 30.3 Å². The van der Waals surface area contributed by atoms with Crippen LogP contribution in [0.2, 0.25) is 0 Å². The van der Waals surface area contributed by atoms with Gasteiger partial charge >= 0.3 is 0 Å². The second-order valence-electron chi connectivity index (χ2n) is 3.35. The predicted molar refractivity (Wildman–Crippen MR) is 67.4 cm³/mol. The van der Waals surface area contributed by atoms with Gasteiger partial charge in [0.2, 0.25) is 0 Å². The van der Waals surface area contributed by atoms with E-state index in [2.05, 4.69) is 26.2 Å². The standard InChI is InChI=1S/C12H11BrN2O/c13-12-7-10(5-6-14-12)15-8-9-3-1-2-4-11(9)16/h1-7,16H,8H2,(H,14,15). The molecule has 0 atom stereocenters. The van der Waals surface area contributed by atoms with Gasteiger partial charge in [0.25, 0.3) is 0 Å². The molecule has 0 amide bonds. The summed E-state index contributed by atoms with van der Waals surface area (Å²) in [6.45, 7) is 0.586. The Hall–Kier alpha value is -1.55. The number of para-hydroxylation sites is 1. The van der Waals surface area contributed by atoms with Crippen LogP contribution in [-0.2, 0) is 6.54 Å². The number of rotatable bonds is 3. The maximum absolute atomic E-state index is 9.58. The van der Waals surface area contributed by atoms with E-state index < -0.39 is 0 Å². The molecule has 2 N–H and O–H groups in total. The first-order valence-electron chi connectivity index (χ1n) is 4.88. The van der Waals surface area contributed by atoms with Crippen molar-refractivity contribution in [2.75, 3.05) is 5.32 Å². The number of halogens is 1. The van der Waals surface area contributed by atoms with Crippen molar-refractivity contribution in [3.05, 3.63) is 52.8 Å². The molecule has 1 aromatic carbocycles. The number of benzene rings is 1. The molecule has 0 aliphatic rings. The molecule has 2 aromatic rings. The maximum Gasteiger partial charge on any atom is 0.120 e. The summed E-state index contributed by atoms with van der Waals surface area (Å²) in [6, 6.07) is 11.0. The molecule has 1 heterocycles. The summed E-state index contributed by atoms with van der Waals surface area (Å²) in [4.78, 5) is 4.04. The lowest BCUT2D eigenvalue weighted by Gasteiger charge is -2.07. The van der Waals surface area contributed by atoms with Crippen LogP contribution in [0.3, 0.4) is 0 Å². The molecule has 4 heteroatoms. The van der Waals surface area contributed by atoms with E-state index in [-0.39, 0.29) is 0 Å². The van der Waals surface area contributed by atoms with Crippen molar-refractivity contribution in [1.82, 2.24) is 4.98 Å². The SMILES string of the molecule is Oc1ccccc1CNc1ccnc(Br)c1. The summed E-state index contributed by atoms with van der Waals surface area (Å²) in [7, 11) is 0. The Labute approximate surface area is 102 Å². The van der Waals surface area contributed by atoms with Crippen LogP contribution < -0.4 is 5.32 Å². The summed E-state index contributed by atoms with van der Waals surface area (Å²) in [6.07, 6.45) is 1.72. The molecule has 0 saturated heterocycles. The molecule has 3 nitrogen and oxygen atoms in total. The Kier molecular flexibility index (Phi) is 3.41. The van der Waals surface area contributed by atoms with Gasteiger partial charge in [-0.3, -0.25) is 0 Å². The minimum atomic E-state index is 0.308. The highest BCUT2D eigenvalue weighted by atomic mass is 79.9. The molecule has 16 heavy (non-hydrogen) atoms. The Bertz CT molecular complexity index is 488. The van der Waals surface area contributed by atoms with Gasteiger partial charge in [-0.05, 0) is 34.1 Å². The van der Waals surface area contributed by atoms with E-state index in [4.69, 9.17) is 0 Å². The molecule has 0 bridgehead atoms. The number of anilines is 1. The zero-order valence-electron chi connectivity index (χ0n) is 8.52. The third kappa shape index (κ3) is 2.73. The quantitative estimate of drug-likeness (QED) is 0.848. The normalized spacial score (nSPS) is 10.1. The van der Waals surface area contributed by atoms with Crippen LogP contribution in [0.1, 0.15) is 5.56 Å². The van der Waals surface area contributed by atoms with E-state index in [0.717, 1.165) is 15.9 Å². The van der Waals surface area contributed by atoms with Crippen molar-refractivity contribution in [2.24, 2.45) is 0 Å². The van der Waals surface area contributed by atoms with Crippen molar-refractivity contribution < 1.29 is 5.11 Å². The highest BCUT2D eigenvalue weighted by Gasteiger charge is 1.99. The second kappa shape index (κ2) is 4.99. The zero-order chi connectivity index (χ0) is 11.4. The summed E-state index contributed by atoms with van der Waals surface area (Å²) in [5.41, 5.74) is 1.83. The maximum atomic E-state index is 9.58. The third-order valence-corrected chi connectivity index (χ3v) is 2.63. The van der Waals surface area contributed by atoms with E-state index >= 15 is 0 Å². The van der Waals surface area contributed by atoms with Crippen LogP contribution in [0.25, 0.3) is 0 Å². The van der Waals surface area contributed by atoms with Crippen LogP contribution in [0.15, 0.2) is 47.2 Å². The van der Waals surface area contributed by atoms with Crippen LogP contribution >= 0.6 is 15.9 Å². The van der Waals surface area contributed by atoms with Crippen LogP contribution in [-0.4, -0.2) is 10.1 Å². The molecule has 0 radical (unpaired) electrons. The summed E-state index contributed by atoms with van der Waals surface area (Å²) in [5, 5.41) is 12.8. The average Bonchev–Trinajstić information content (AvgIpc) is 2.28. The number of phenols is 1. The lowest BCUT2D eigenvalue weighted by molar-refractivity contribution is 0.469. The Morgan fingerprint density at radius 1 is 1.25 bits per heavy atom. The van der Waals surface area contributed by atoms with Gasteiger partial charge in [0.1, 0.15) is 10.4 Å². The Balaban J connectivity index is 2.05. The highest BCUT2D eigenvalue weighted by molar-refractivity contribution is 9.10. The van der Waals surface area contributed by atoms with Gasteiger partial charge in [-0.1, -0.05) is 18.2 Å². The number of nitrogens with one attached hydrogen (secondary N) is 1. The van der Waals surface area contributed by atoms with Crippen molar-refractivity contribution in [2.45, 2.75) is 6.54 Å². The number of phenolic OH excluding ortho intramolecular Hbond substituents is 1. The average molecular weight is 279 g/mol. The van der Waals surface area contributed by atoms with E-state index in [1.54, 1.807) is 12.3 Å². The highest BCUT2D eigenvalue weighted by Crippen LogP contribution is 2.18. The zero-order valence-corrected chi connectivity index (χ0v) is 10.1. The summed E-state index contributed by atoms with van der Waals surface area (Å²) < 4.78 is 0.787. The van der Waals surface area contributed by atoms with Crippen LogP contribution in [0.4, 0.5) is 5.69 Å². The first-order valence-corrected chi connectivity index (χ1v) is 5.67. The van der Waals surface area contributed by atoms with Gasteiger partial charge in [-0.2, -0.15) is 0 Å². The molecule has 82 valence electrons. The minimum absolute atomic E-state index is 0.308. The molecular formula is C12H11BrN2O. The third-order valence-electron chi connectivity index (χ3n) is 2.20. The molecule has 2 rings (SSSR count). The lowest BCUT2D eigenvalue weighted by atomic mass is 10.2. The predicted octanol–water partition coefficient (Wildman–Crippen LogP) is 3.16. The Morgan fingerprint density at radius 2 is 2.06 bits per heavy atom. The van der Waals surface area contributed by atoms with Crippen LogP contribution in [0, 0.1) is 0 Å². The first kappa shape index (κ1) is 11.0. The molecular weight excluding hydrogens is 268 g/mol. The number of pyridine rings is 1. The van der Waals surface area contributed by atoms with Crippen molar-refractivity contribution in [1.29, 1.82) is 0 Å². The number of aromatic hydroxyl groups is 1. The van der Waals surface area contributed by atoms with E-state index in [0.29, 0.717) is 12.3 Å². The fraction of sp³-hybridized carbons (Fsp3) is 0.0833. The molecule has 0 saturated carbocycles. The first-order chi connectivity index (χ1) is 7.75. The van der Waals surface area contributed by atoms with Crippen molar-refractivity contribution in [3.63, 3.8) is 0 Å². The van der Waals surface area contributed by atoms with Gasteiger partial charge in [-0.25, -0.2) is 4.98 Å². The van der Waals surface area contributed by atoms with Gasteiger partial charge in [0.15, 0.2) is 0 Å². The second-order valence-corrected chi connectivity index (χ2v) is 4.16. The molecule has 0 aliphatic carbocycles. The number of hydrogen-bond donors (Lipinski definition) is 2. The number of aromatic nitrogens is 1.